The topological polar surface area (TPSA) is 295 Å². The molecule has 16 nitrogen and oxygen atoms in total. The first-order valence-corrected chi connectivity index (χ1v) is 13.2. The SMILES string of the molecule is O=C(/C=C/c1ccc(O)cc1)C1C(=O)C(C(O)C2OCC(O)C(O)C2O)=C(O)C(O)(C2OC(CO)C(O)C(O)C2O)C1O. The molecule has 2 saturated heterocycles. The third-order valence-corrected chi connectivity index (χ3v) is 8.06. The van der Waals surface area contributed by atoms with E-state index in [9.17, 15) is 70.9 Å². The minimum absolute atomic E-state index is 0.0880. The minimum atomic E-state index is -3.39. The van der Waals surface area contributed by atoms with Crippen LogP contribution in [0.3, 0.4) is 0 Å². The van der Waals surface area contributed by atoms with Crippen LogP contribution in [0, 0.1) is 5.92 Å². The number of aromatic hydroxyl groups is 1. The number of Topliss-reactive ketones (excluding diaryl/α,β-unsaturated/α-hetero) is 1. The third-order valence-electron chi connectivity index (χ3n) is 8.06. The van der Waals surface area contributed by atoms with Crippen LogP contribution < -0.4 is 0 Å². The Bertz CT molecular complexity index is 1250. The molecular formula is C27H34O16. The van der Waals surface area contributed by atoms with Crippen molar-refractivity contribution in [1.82, 2.24) is 0 Å². The predicted molar refractivity (Wildman–Crippen MR) is 139 cm³/mol. The summed E-state index contributed by atoms with van der Waals surface area (Å²) < 4.78 is 10.5. The molecule has 16 heteroatoms. The fourth-order valence-corrected chi connectivity index (χ4v) is 5.52. The molecule has 3 aliphatic rings. The second-order valence-corrected chi connectivity index (χ2v) is 10.7. The van der Waals surface area contributed by atoms with E-state index in [1.807, 2.05) is 0 Å². The lowest BCUT2D eigenvalue weighted by Gasteiger charge is -2.51. The number of ketones is 2. The van der Waals surface area contributed by atoms with Crippen LogP contribution in [0.4, 0.5) is 0 Å². The zero-order chi connectivity index (χ0) is 32.0. The molecule has 4 rings (SSSR count). The number of rotatable bonds is 7. The van der Waals surface area contributed by atoms with E-state index in [2.05, 4.69) is 0 Å². The van der Waals surface area contributed by atoms with Crippen LogP contribution in [-0.4, -0.2) is 159 Å². The van der Waals surface area contributed by atoms with Crippen molar-refractivity contribution in [2.24, 2.45) is 5.92 Å². The van der Waals surface area contributed by atoms with Gasteiger partial charge in [-0.25, -0.2) is 0 Å². The summed E-state index contributed by atoms with van der Waals surface area (Å²) >= 11 is 0. The Balaban J connectivity index is 1.82. The van der Waals surface area contributed by atoms with Gasteiger partial charge in [0.05, 0.1) is 18.8 Å². The molecule has 0 spiro atoms. The maximum Gasteiger partial charge on any atom is 0.178 e. The van der Waals surface area contributed by atoms with Crippen LogP contribution in [0.5, 0.6) is 5.75 Å². The van der Waals surface area contributed by atoms with E-state index in [0.29, 0.717) is 5.56 Å². The van der Waals surface area contributed by atoms with Gasteiger partial charge in [-0.3, -0.25) is 9.59 Å². The Morgan fingerprint density at radius 1 is 0.953 bits per heavy atom. The molecule has 12 N–H and O–H groups in total. The molecule has 2 fully saturated rings. The normalized spacial score (nSPS) is 41.4. The fourth-order valence-electron chi connectivity index (χ4n) is 5.52. The summed E-state index contributed by atoms with van der Waals surface area (Å²) in [6.07, 6.45) is -21.0. The lowest BCUT2D eigenvalue weighted by Crippen LogP contribution is -2.72. The Morgan fingerprint density at radius 3 is 2.19 bits per heavy atom. The van der Waals surface area contributed by atoms with Gasteiger partial charge in [-0.15, -0.1) is 0 Å². The lowest BCUT2D eigenvalue weighted by molar-refractivity contribution is -0.285. The van der Waals surface area contributed by atoms with Crippen LogP contribution in [0.2, 0.25) is 0 Å². The highest BCUT2D eigenvalue weighted by molar-refractivity contribution is 6.16. The van der Waals surface area contributed by atoms with E-state index >= 15 is 0 Å². The number of allylic oxidation sites excluding steroid dienone is 1. The number of phenols is 1. The van der Waals surface area contributed by atoms with E-state index < -0.39 is 115 Å². The molecule has 0 aromatic heterocycles. The van der Waals surface area contributed by atoms with Crippen LogP contribution in [0.25, 0.3) is 6.08 Å². The number of hydrogen-bond acceptors (Lipinski definition) is 16. The summed E-state index contributed by atoms with van der Waals surface area (Å²) in [7, 11) is 0. The molecule has 43 heavy (non-hydrogen) atoms. The number of aliphatic hydroxyl groups is 11. The van der Waals surface area contributed by atoms with Gasteiger partial charge in [0.25, 0.3) is 0 Å². The largest absolute Gasteiger partial charge is 0.508 e. The van der Waals surface area contributed by atoms with Gasteiger partial charge in [0.2, 0.25) is 0 Å². The maximum absolute atomic E-state index is 13.7. The van der Waals surface area contributed by atoms with Crippen LogP contribution in [-0.2, 0) is 19.1 Å². The van der Waals surface area contributed by atoms with Crippen LogP contribution >= 0.6 is 0 Å². The van der Waals surface area contributed by atoms with Crippen LogP contribution in [0.15, 0.2) is 41.7 Å². The first-order chi connectivity index (χ1) is 20.2. The number of ether oxygens (including phenoxy) is 2. The van der Waals surface area contributed by atoms with Crippen molar-refractivity contribution in [3.05, 3.63) is 47.2 Å². The highest BCUT2D eigenvalue weighted by Crippen LogP contribution is 2.44. The first-order valence-electron chi connectivity index (χ1n) is 13.2. The summed E-state index contributed by atoms with van der Waals surface area (Å²) in [4.78, 5) is 27.0. The molecule has 0 amide bonds. The van der Waals surface area contributed by atoms with Gasteiger partial charge in [0.15, 0.2) is 17.2 Å². The molecule has 13 unspecified atom stereocenters. The standard InChI is InChI=1S/C27H34O16/c28-7-13-17(33)20(36)22(38)26(43-13)27(41)24(39)14(11(30)6-3-9-1-4-10(29)5-2-9)18(34)15(25(27)40)19(35)23-21(37)16(32)12(31)8-42-23/h1-6,12-14,16-17,19-24,26,28-29,31-33,35-41H,7-8H2/b6-3+. The number of phenolic OH excluding ortho intramolecular Hbond substituents is 1. The summed E-state index contributed by atoms with van der Waals surface area (Å²) in [5.41, 5.74) is -4.24. The summed E-state index contributed by atoms with van der Waals surface area (Å²) in [5, 5.41) is 126. The fraction of sp³-hybridized carbons (Fsp3) is 0.556. The third kappa shape index (κ3) is 5.73. The van der Waals surface area contributed by atoms with Crippen molar-refractivity contribution in [2.45, 2.75) is 72.7 Å². The Labute approximate surface area is 243 Å². The molecule has 1 aliphatic carbocycles. The number of benzene rings is 1. The van der Waals surface area contributed by atoms with Gasteiger partial charge in [0, 0.05) is 0 Å². The van der Waals surface area contributed by atoms with Gasteiger partial charge >= 0.3 is 0 Å². The van der Waals surface area contributed by atoms with E-state index in [0.717, 1.165) is 6.08 Å². The van der Waals surface area contributed by atoms with E-state index in [4.69, 9.17) is 9.47 Å². The molecule has 0 saturated carbocycles. The van der Waals surface area contributed by atoms with Gasteiger partial charge in [-0.05, 0) is 23.8 Å². The Morgan fingerprint density at radius 2 is 1.58 bits per heavy atom. The average Bonchev–Trinajstić information content (AvgIpc) is 2.97. The average molecular weight is 615 g/mol. The first kappa shape index (κ1) is 33.1. The van der Waals surface area contributed by atoms with Gasteiger partial charge in [-0.2, -0.15) is 0 Å². The van der Waals surface area contributed by atoms with E-state index in [1.165, 1.54) is 30.3 Å². The second kappa shape index (κ2) is 12.6. The molecular weight excluding hydrogens is 580 g/mol. The molecule has 2 heterocycles. The monoisotopic (exact) mass is 614 g/mol. The summed E-state index contributed by atoms with van der Waals surface area (Å²) in [6, 6.07) is 5.37. The zero-order valence-electron chi connectivity index (χ0n) is 22.3. The van der Waals surface area contributed by atoms with Crippen molar-refractivity contribution in [3.63, 3.8) is 0 Å². The van der Waals surface area contributed by atoms with Crippen molar-refractivity contribution < 1.29 is 80.3 Å². The molecule has 2 aliphatic heterocycles. The van der Waals surface area contributed by atoms with Crippen molar-refractivity contribution in [1.29, 1.82) is 0 Å². The van der Waals surface area contributed by atoms with Crippen molar-refractivity contribution >= 4 is 17.6 Å². The predicted octanol–water partition coefficient (Wildman–Crippen LogP) is -5.24. The number of hydrogen-bond donors (Lipinski definition) is 12. The smallest absolute Gasteiger partial charge is 0.178 e. The van der Waals surface area contributed by atoms with E-state index in [-0.39, 0.29) is 5.75 Å². The van der Waals surface area contributed by atoms with Gasteiger partial charge in [-0.1, -0.05) is 18.2 Å². The minimum Gasteiger partial charge on any atom is -0.508 e. The highest BCUT2D eigenvalue weighted by Gasteiger charge is 2.65. The molecule has 238 valence electrons. The highest BCUT2D eigenvalue weighted by atomic mass is 16.6. The van der Waals surface area contributed by atoms with Crippen molar-refractivity contribution in [3.8, 4) is 5.75 Å². The molecule has 0 radical (unpaired) electrons. The molecule has 0 bridgehead atoms. The Hall–Kier alpha value is -2.84. The summed E-state index contributed by atoms with van der Waals surface area (Å²) in [5.74, 6) is -6.66. The van der Waals surface area contributed by atoms with Gasteiger partial charge < -0.3 is 70.8 Å². The molecule has 1 aromatic carbocycles. The number of carbonyl (C=O) groups excluding carboxylic acids is 2. The molecule has 1 aromatic rings. The molecule has 13 atom stereocenters. The number of aliphatic hydroxyl groups excluding tert-OH is 10. The van der Waals surface area contributed by atoms with Crippen molar-refractivity contribution in [2.75, 3.05) is 13.2 Å². The van der Waals surface area contributed by atoms with Gasteiger partial charge in [0.1, 0.15) is 84.6 Å². The summed E-state index contributed by atoms with van der Waals surface area (Å²) in [6.45, 7) is -1.65. The quantitative estimate of drug-likeness (QED) is 0.101. The Kier molecular flexibility index (Phi) is 9.72. The lowest BCUT2D eigenvalue weighted by atomic mass is 9.66. The number of carbonyl (C=O) groups is 2. The maximum atomic E-state index is 13.7. The van der Waals surface area contributed by atoms with Crippen LogP contribution in [0.1, 0.15) is 5.56 Å². The van der Waals surface area contributed by atoms with E-state index in [1.54, 1.807) is 0 Å². The second-order valence-electron chi connectivity index (χ2n) is 10.7. The zero-order valence-corrected chi connectivity index (χ0v) is 22.3.